The maximum Gasteiger partial charge on any atom is 0.266 e. The molecule has 0 radical (unpaired) electrons. The van der Waals surface area contributed by atoms with E-state index in [2.05, 4.69) is 16.2 Å². The highest BCUT2D eigenvalue weighted by Gasteiger charge is 2.43. The SMILES string of the molecule is Cc1cccc(/C=N/N2CC(=O)N3Cc4[nH]c5ccccc5c4C[C@@H]3C2=O)c1. The Balaban J connectivity index is 1.45. The summed E-state index contributed by atoms with van der Waals surface area (Å²) in [5.74, 6) is -0.199. The molecule has 3 aromatic rings. The average molecular weight is 372 g/mol. The number of rotatable bonds is 2. The van der Waals surface area contributed by atoms with Crippen molar-refractivity contribution in [2.45, 2.75) is 25.9 Å². The number of nitrogens with one attached hydrogen (secondary N) is 1. The number of piperazine rings is 1. The second-order valence-corrected chi connectivity index (χ2v) is 7.42. The summed E-state index contributed by atoms with van der Waals surface area (Å²) in [6, 6.07) is 15.4. The first-order chi connectivity index (χ1) is 13.6. The van der Waals surface area contributed by atoms with Gasteiger partial charge in [-0.3, -0.25) is 9.59 Å². The van der Waals surface area contributed by atoms with Gasteiger partial charge in [-0.2, -0.15) is 5.10 Å². The number of hydrogen-bond acceptors (Lipinski definition) is 3. The van der Waals surface area contributed by atoms with E-state index in [0.29, 0.717) is 13.0 Å². The average Bonchev–Trinajstić information content (AvgIpc) is 3.06. The van der Waals surface area contributed by atoms with Gasteiger partial charge < -0.3 is 9.88 Å². The minimum absolute atomic E-state index is 0.0206. The zero-order valence-electron chi connectivity index (χ0n) is 15.6. The number of nitrogens with zero attached hydrogens (tertiary/aromatic N) is 3. The van der Waals surface area contributed by atoms with Crippen molar-refractivity contribution in [2.24, 2.45) is 5.10 Å². The molecule has 2 aliphatic heterocycles. The molecule has 3 heterocycles. The van der Waals surface area contributed by atoms with E-state index >= 15 is 0 Å². The fraction of sp³-hybridized carbons (Fsp3) is 0.227. The van der Waals surface area contributed by atoms with Crippen LogP contribution in [0.15, 0.2) is 53.6 Å². The van der Waals surface area contributed by atoms with Gasteiger partial charge in [0.25, 0.3) is 5.91 Å². The van der Waals surface area contributed by atoms with Crippen LogP contribution in [0.2, 0.25) is 0 Å². The number of aryl methyl sites for hydroxylation is 1. The van der Waals surface area contributed by atoms with Crippen molar-refractivity contribution < 1.29 is 9.59 Å². The first-order valence-corrected chi connectivity index (χ1v) is 9.40. The van der Waals surface area contributed by atoms with Crippen LogP contribution in [-0.4, -0.2) is 45.5 Å². The van der Waals surface area contributed by atoms with Crippen molar-refractivity contribution in [3.63, 3.8) is 0 Å². The van der Waals surface area contributed by atoms with Crippen LogP contribution in [-0.2, 0) is 22.6 Å². The van der Waals surface area contributed by atoms with Gasteiger partial charge in [-0.05, 0) is 24.1 Å². The molecule has 1 N–H and O–H groups in total. The third-order valence-electron chi connectivity index (χ3n) is 5.54. The van der Waals surface area contributed by atoms with Crippen LogP contribution in [0.25, 0.3) is 10.9 Å². The lowest BCUT2D eigenvalue weighted by molar-refractivity contribution is -0.157. The number of carbonyl (C=O) groups is 2. The van der Waals surface area contributed by atoms with Gasteiger partial charge in [0.2, 0.25) is 5.91 Å². The van der Waals surface area contributed by atoms with Crippen molar-refractivity contribution in [1.29, 1.82) is 0 Å². The van der Waals surface area contributed by atoms with Gasteiger partial charge in [0, 0.05) is 23.0 Å². The third kappa shape index (κ3) is 2.69. The van der Waals surface area contributed by atoms with Crippen molar-refractivity contribution in [1.82, 2.24) is 14.9 Å². The minimum atomic E-state index is -0.498. The zero-order valence-corrected chi connectivity index (χ0v) is 15.6. The number of fused-ring (bicyclic) bond motifs is 4. The molecule has 0 spiro atoms. The van der Waals surface area contributed by atoms with E-state index < -0.39 is 6.04 Å². The van der Waals surface area contributed by atoms with Gasteiger partial charge in [0.05, 0.1) is 12.8 Å². The van der Waals surface area contributed by atoms with Crippen LogP contribution in [0.5, 0.6) is 0 Å². The van der Waals surface area contributed by atoms with E-state index in [4.69, 9.17) is 0 Å². The molecule has 0 saturated carbocycles. The summed E-state index contributed by atoms with van der Waals surface area (Å²) < 4.78 is 0. The molecule has 6 nitrogen and oxygen atoms in total. The Morgan fingerprint density at radius 3 is 2.82 bits per heavy atom. The molecular formula is C22H20N4O2. The highest BCUT2D eigenvalue weighted by atomic mass is 16.2. The summed E-state index contributed by atoms with van der Waals surface area (Å²) in [6.07, 6.45) is 2.16. The van der Waals surface area contributed by atoms with Crippen molar-refractivity contribution >= 4 is 28.9 Å². The normalized spacial score (nSPS) is 19.4. The highest BCUT2D eigenvalue weighted by Crippen LogP contribution is 2.32. The highest BCUT2D eigenvalue weighted by molar-refractivity contribution is 5.97. The van der Waals surface area contributed by atoms with Crippen LogP contribution >= 0.6 is 0 Å². The molecule has 1 aromatic heterocycles. The summed E-state index contributed by atoms with van der Waals surface area (Å²) in [6.45, 7) is 2.42. The Morgan fingerprint density at radius 2 is 1.96 bits per heavy atom. The molecule has 0 bridgehead atoms. The molecule has 1 atom stereocenters. The van der Waals surface area contributed by atoms with E-state index in [1.165, 1.54) is 5.01 Å². The van der Waals surface area contributed by atoms with Crippen LogP contribution in [0, 0.1) is 6.92 Å². The first kappa shape index (κ1) is 16.7. The predicted octanol–water partition coefficient (Wildman–Crippen LogP) is 2.61. The topological polar surface area (TPSA) is 68.8 Å². The van der Waals surface area contributed by atoms with Gasteiger partial charge in [-0.25, -0.2) is 5.01 Å². The number of benzene rings is 2. The Labute approximate surface area is 162 Å². The van der Waals surface area contributed by atoms with Crippen LogP contribution in [0.1, 0.15) is 22.4 Å². The lowest BCUT2D eigenvalue weighted by atomic mass is 9.94. The predicted molar refractivity (Wildman–Crippen MR) is 107 cm³/mol. The van der Waals surface area contributed by atoms with Crippen LogP contribution < -0.4 is 0 Å². The molecule has 5 rings (SSSR count). The molecule has 2 aliphatic rings. The summed E-state index contributed by atoms with van der Waals surface area (Å²) in [4.78, 5) is 30.9. The fourth-order valence-electron chi connectivity index (χ4n) is 4.14. The Bertz CT molecular complexity index is 1130. The van der Waals surface area contributed by atoms with Gasteiger partial charge in [-0.1, -0.05) is 48.0 Å². The van der Waals surface area contributed by atoms with Crippen molar-refractivity contribution in [2.75, 3.05) is 6.54 Å². The third-order valence-corrected chi connectivity index (χ3v) is 5.54. The first-order valence-electron chi connectivity index (χ1n) is 9.40. The smallest absolute Gasteiger partial charge is 0.266 e. The molecule has 1 fully saturated rings. The quantitative estimate of drug-likeness (QED) is 0.703. The number of amides is 2. The molecule has 28 heavy (non-hydrogen) atoms. The van der Waals surface area contributed by atoms with E-state index in [0.717, 1.165) is 33.3 Å². The van der Waals surface area contributed by atoms with Gasteiger partial charge in [-0.15, -0.1) is 0 Å². The summed E-state index contributed by atoms with van der Waals surface area (Å²) in [7, 11) is 0. The zero-order chi connectivity index (χ0) is 19.3. The molecule has 1 saturated heterocycles. The van der Waals surface area contributed by atoms with Crippen molar-refractivity contribution in [3.8, 4) is 0 Å². The molecular weight excluding hydrogens is 352 g/mol. The maximum atomic E-state index is 13.1. The van der Waals surface area contributed by atoms with Gasteiger partial charge in [0.1, 0.15) is 12.6 Å². The Morgan fingerprint density at radius 1 is 1.11 bits per heavy atom. The fourth-order valence-corrected chi connectivity index (χ4v) is 4.14. The number of hydrazone groups is 1. The second kappa shape index (κ2) is 6.34. The second-order valence-electron chi connectivity index (χ2n) is 7.42. The monoisotopic (exact) mass is 372 g/mol. The molecule has 0 aliphatic carbocycles. The maximum absolute atomic E-state index is 13.1. The van der Waals surface area contributed by atoms with Gasteiger partial charge >= 0.3 is 0 Å². The number of para-hydroxylation sites is 1. The molecule has 140 valence electrons. The summed E-state index contributed by atoms with van der Waals surface area (Å²) >= 11 is 0. The number of carbonyl (C=O) groups excluding carboxylic acids is 2. The summed E-state index contributed by atoms with van der Waals surface area (Å²) in [5, 5.41) is 6.76. The lowest BCUT2D eigenvalue weighted by Gasteiger charge is -2.40. The van der Waals surface area contributed by atoms with Crippen LogP contribution in [0.4, 0.5) is 0 Å². The number of H-pyrrole nitrogens is 1. The van der Waals surface area contributed by atoms with Crippen molar-refractivity contribution in [3.05, 3.63) is 70.9 Å². The molecule has 2 aromatic carbocycles. The largest absolute Gasteiger partial charge is 0.357 e. The number of aromatic nitrogens is 1. The summed E-state index contributed by atoms with van der Waals surface area (Å²) in [5.41, 5.74) is 5.22. The Hall–Kier alpha value is -3.41. The van der Waals surface area contributed by atoms with E-state index in [-0.39, 0.29) is 18.4 Å². The molecule has 6 heteroatoms. The van der Waals surface area contributed by atoms with E-state index in [1.807, 2.05) is 49.4 Å². The van der Waals surface area contributed by atoms with Gasteiger partial charge in [0.15, 0.2) is 0 Å². The molecule has 2 amide bonds. The number of hydrogen-bond donors (Lipinski definition) is 1. The van der Waals surface area contributed by atoms with Crippen LogP contribution in [0.3, 0.4) is 0 Å². The minimum Gasteiger partial charge on any atom is -0.357 e. The lowest BCUT2D eigenvalue weighted by Crippen LogP contribution is -2.60. The van der Waals surface area contributed by atoms with E-state index in [1.54, 1.807) is 11.1 Å². The molecule has 0 unspecified atom stereocenters. The van der Waals surface area contributed by atoms with E-state index in [9.17, 15) is 9.59 Å². The number of aromatic amines is 1. The Kier molecular flexibility index (Phi) is 3.79. The standard InChI is InChI=1S/C22H20N4O2/c1-14-5-4-6-15(9-14)11-23-26-13-21(27)25-12-19-17(10-20(25)22(26)28)16-7-2-3-8-18(16)24-19/h2-9,11,20,24H,10,12-13H2,1H3/b23-11+/t20-/m1/s1.